The molecule has 0 atom stereocenters. The molecule has 122 valence electrons. The van der Waals surface area contributed by atoms with Crippen molar-refractivity contribution in [3.63, 3.8) is 0 Å². The zero-order valence-corrected chi connectivity index (χ0v) is 13.7. The van der Waals surface area contributed by atoms with Gasteiger partial charge in [0.05, 0.1) is 0 Å². The van der Waals surface area contributed by atoms with Crippen molar-refractivity contribution in [2.45, 2.75) is 13.5 Å². The van der Waals surface area contributed by atoms with Crippen LogP contribution in [0.15, 0.2) is 67.0 Å². The number of anilines is 4. The summed E-state index contributed by atoms with van der Waals surface area (Å²) >= 11 is 0. The fourth-order valence-corrected chi connectivity index (χ4v) is 2.59. The quantitative estimate of drug-likeness (QED) is 0.723. The van der Waals surface area contributed by atoms with Crippen LogP contribution in [-0.4, -0.2) is 16.5 Å². The Morgan fingerprint density at radius 2 is 1.62 bits per heavy atom. The first-order valence-electron chi connectivity index (χ1n) is 8.00. The van der Waals surface area contributed by atoms with Crippen LogP contribution in [0.2, 0.25) is 0 Å². The number of nitrogens with zero attached hydrogens (tertiary/aromatic N) is 3. The van der Waals surface area contributed by atoms with E-state index in [9.17, 15) is 0 Å². The van der Waals surface area contributed by atoms with Crippen LogP contribution in [-0.2, 0) is 6.54 Å². The van der Waals surface area contributed by atoms with Crippen LogP contribution >= 0.6 is 0 Å². The molecule has 0 spiro atoms. The first-order valence-corrected chi connectivity index (χ1v) is 8.00. The molecule has 0 aliphatic heterocycles. The number of aromatic nitrogens is 2. The summed E-state index contributed by atoms with van der Waals surface area (Å²) in [6, 6.07) is 20.2. The SMILES string of the molecule is CCN(c1ccccc1)c1ncnc(NCc2ccccc2)c1N. The maximum Gasteiger partial charge on any atom is 0.161 e. The van der Waals surface area contributed by atoms with Crippen LogP contribution in [0, 0.1) is 0 Å². The Morgan fingerprint density at radius 1 is 0.958 bits per heavy atom. The number of rotatable bonds is 6. The van der Waals surface area contributed by atoms with Crippen molar-refractivity contribution in [3.05, 3.63) is 72.6 Å². The first-order chi connectivity index (χ1) is 11.8. The molecule has 0 fully saturated rings. The van der Waals surface area contributed by atoms with Gasteiger partial charge in [-0.3, -0.25) is 0 Å². The molecule has 3 aromatic rings. The van der Waals surface area contributed by atoms with Crippen LogP contribution in [0.5, 0.6) is 0 Å². The second-order valence-electron chi connectivity index (χ2n) is 5.38. The van der Waals surface area contributed by atoms with E-state index in [1.54, 1.807) is 6.33 Å². The lowest BCUT2D eigenvalue weighted by atomic mass is 10.2. The summed E-state index contributed by atoms with van der Waals surface area (Å²) in [4.78, 5) is 10.8. The van der Waals surface area contributed by atoms with E-state index < -0.39 is 0 Å². The molecule has 3 rings (SSSR count). The number of hydrogen-bond acceptors (Lipinski definition) is 5. The van der Waals surface area contributed by atoms with Crippen LogP contribution < -0.4 is 16.0 Å². The molecule has 0 radical (unpaired) electrons. The number of hydrogen-bond donors (Lipinski definition) is 2. The highest BCUT2D eigenvalue weighted by atomic mass is 15.2. The monoisotopic (exact) mass is 319 g/mol. The summed E-state index contributed by atoms with van der Waals surface area (Å²) in [6.45, 7) is 3.51. The molecule has 0 amide bonds. The first kappa shape index (κ1) is 15.8. The maximum absolute atomic E-state index is 6.33. The molecule has 5 heteroatoms. The van der Waals surface area contributed by atoms with E-state index in [0.29, 0.717) is 23.9 Å². The Kier molecular flexibility index (Phi) is 4.91. The van der Waals surface area contributed by atoms with E-state index >= 15 is 0 Å². The third-order valence-corrected chi connectivity index (χ3v) is 3.81. The number of nitrogens with one attached hydrogen (secondary N) is 1. The summed E-state index contributed by atoms with van der Waals surface area (Å²) in [7, 11) is 0. The normalized spacial score (nSPS) is 10.4. The number of nitrogens with two attached hydrogens (primary N) is 1. The van der Waals surface area contributed by atoms with E-state index in [-0.39, 0.29) is 0 Å². The van der Waals surface area contributed by atoms with Crippen LogP contribution in [0.4, 0.5) is 23.0 Å². The second-order valence-corrected chi connectivity index (χ2v) is 5.38. The lowest BCUT2D eigenvalue weighted by Crippen LogP contribution is -2.20. The van der Waals surface area contributed by atoms with Crippen molar-refractivity contribution in [2.75, 3.05) is 22.5 Å². The summed E-state index contributed by atoms with van der Waals surface area (Å²) < 4.78 is 0. The molecule has 24 heavy (non-hydrogen) atoms. The molecule has 0 bridgehead atoms. The van der Waals surface area contributed by atoms with Gasteiger partial charge in [0.15, 0.2) is 11.6 Å². The Hall–Kier alpha value is -3.08. The van der Waals surface area contributed by atoms with E-state index in [1.807, 2.05) is 48.5 Å². The molecular formula is C19H21N5. The van der Waals surface area contributed by atoms with Crippen LogP contribution in [0.25, 0.3) is 0 Å². The Labute approximate surface area is 142 Å². The van der Waals surface area contributed by atoms with Gasteiger partial charge in [-0.25, -0.2) is 9.97 Å². The smallest absolute Gasteiger partial charge is 0.161 e. The third kappa shape index (κ3) is 3.46. The molecule has 0 saturated carbocycles. The molecule has 3 N–H and O–H groups in total. The third-order valence-electron chi connectivity index (χ3n) is 3.81. The van der Waals surface area contributed by atoms with Gasteiger partial charge in [-0.15, -0.1) is 0 Å². The number of para-hydroxylation sites is 1. The Morgan fingerprint density at radius 3 is 2.29 bits per heavy atom. The van der Waals surface area contributed by atoms with Crippen molar-refractivity contribution in [3.8, 4) is 0 Å². The van der Waals surface area contributed by atoms with Gasteiger partial charge in [0, 0.05) is 18.8 Å². The lowest BCUT2D eigenvalue weighted by molar-refractivity contribution is 0.975. The van der Waals surface area contributed by atoms with Crippen molar-refractivity contribution >= 4 is 23.0 Å². The topological polar surface area (TPSA) is 67.1 Å². The predicted octanol–water partition coefficient (Wildman–Crippen LogP) is 3.83. The van der Waals surface area contributed by atoms with Crippen molar-refractivity contribution in [1.82, 2.24) is 9.97 Å². The highest BCUT2D eigenvalue weighted by Crippen LogP contribution is 2.31. The minimum Gasteiger partial charge on any atom is -0.393 e. The number of nitrogen functional groups attached to an aromatic ring is 1. The van der Waals surface area contributed by atoms with Crippen molar-refractivity contribution in [1.29, 1.82) is 0 Å². The molecule has 1 heterocycles. The lowest BCUT2D eigenvalue weighted by Gasteiger charge is -2.24. The fourth-order valence-electron chi connectivity index (χ4n) is 2.59. The van der Waals surface area contributed by atoms with Gasteiger partial charge in [-0.05, 0) is 24.6 Å². The van der Waals surface area contributed by atoms with E-state index in [1.165, 1.54) is 5.56 Å². The average molecular weight is 319 g/mol. The van der Waals surface area contributed by atoms with Gasteiger partial charge in [-0.2, -0.15) is 0 Å². The van der Waals surface area contributed by atoms with Crippen molar-refractivity contribution in [2.24, 2.45) is 0 Å². The van der Waals surface area contributed by atoms with E-state index in [2.05, 4.69) is 39.2 Å². The molecule has 0 saturated heterocycles. The predicted molar refractivity (Wildman–Crippen MR) is 99.3 cm³/mol. The molecule has 2 aromatic carbocycles. The van der Waals surface area contributed by atoms with Gasteiger partial charge in [0.1, 0.15) is 12.0 Å². The van der Waals surface area contributed by atoms with Gasteiger partial charge < -0.3 is 16.0 Å². The largest absolute Gasteiger partial charge is 0.393 e. The second kappa shape index (κ2) is 7.46. The molecule has 5 nitrogen and oxygen atoms in total. The van der Waals surface area contributed by atoms with Gasteiger partial charge >= 0.3 is 0 Å². The van der Waals surface area contributed by atoms with Gasteiger partial charge in [0.25, 0.3) is 0 Å². The average Bonchev–Trinajstić information content (AvgIpc) is 2.64. The standard InChI is InChI=1S/C19H21N5/c1-2-24(16-11-7-4-8-12-16)19-17(20)18(22-14-23-19)21-13-15-9-5-3-6-10-15/h3-12,14H,2,13,20H2,1H3,(H,21,22,23). The molecule has 0 unspecified atom stereocenters. The highest BCUT2D eigenvalue weighted by Gasteiger charge is 2.15. The summed E-state index contributed by atoms with van der Waals surface area (Å²) in [5, 5.41) is 3.30. The molecule has 0 aliphatic carbocycles. The van der Waals surface area contributed by atoms with Crippen molar-refractivity contribution < 1.29 is 0 Å². The minimum absolute atomic E-state index is 0.555. The Balaban J connectivity index is 1.85. The summed E-state index contributed by atoms with van der Waals surface area (Å²) in [5.41, 5.74) is 9.12. The van der Waals surface area contributed by atoms with Crippen LogP contribution in [0.1, 0.15) is 12.5 Å². The molecule has 0 aliphatic rings. The summed E-state index contributed by atoms with van der Waals surface area (Å²) in [6.07, 6.45) is 1.55. The van der Waals surface area contributed by atoms with Gasteiger partial charge in [0.2, 0.25) is 0 Å². The zero-order chi connectivity index (χ0) is 16.8. The number of benzene rings is 2. The van der Waals surface area contributed by atoms with Gasteiger partial charge in [-0.1, -0.05) is 48.5 Å². The van der Waals surface area contributed by atoms with E-state index in [0.717, 1.165) is 12.2 Å². The Bertz CT molecular complexity index is 774. The highest BCUT2D eigenvalue weighted by molar-refractivity contribution is 5.79. The van der Waals surface area contributed by atoms with Crippen LogP contribution in [0.3, 0.4) is 0 Å². The minimum atomic E-state index is 0.555. The van der Waals surface area contributed by atoms with E-state index in [4.69, 9.17) is 5.73 Å². The fraction of sp³-hybridized carbons (Fsp3) is 0.158. The zero-order valence-electron chi connectivity index (χ0n) is 13.7. The molecular weight excluding hydrogens is 298 g/mol. The maximum atomic E-state index is 6.33. The summed E-state index contributed by atoms with van der Waals surface area (Å²) in [5.74, 6) is 1.37. The molecule has 1 aromatic heterocycles.